The summed E-state index contributed by atoms with van der Waals surface area (Å²) in [5.74, 6) is -0.132. The molecule has 1 aromatic rings. The van der Waals surface area contributed by atoms with Gasteiger partial charge < -0.3 is 16.0 Å². The van der Waals surface area contributed by atoms with E-state index in [4.69, 9.17) is 0 Å². The lowest BCUT2D eigenvalue weighted by Gasteiger charge is -2.07. The lowest BCUT2D eigenvalue weighted by Crippen LogP contribution is -2.35. The van der Waals surface area contributed by atoms with Crippen molar-refractivity contribution >= 4 is 24.2 Å². The molecule has 112 valence electrons. The van der Waals surface area contributed by atoms with E-state index in [2.05, 4.69) is 16.0 Å². The zero-order chi connectivity index (χ0) is 14.1. The van der Waals surface area contributed by atoms with Crippen LogP contribution in [-0.2, 0) is 4.79 Å². The highest BCUT2D eigenvalue weighted by Gasteiger charge is 2.04. The Bertz CT molecular complexity index is 438. The first kappa shape index (κ1) is 18.4. The quantitative estimate of drug-likeness (QED) is 0.654. The van der Waals surface area contributed by atoms with Gasteiger partial charge in [-0.3, -0.25) is 9.59 Å². The minimum absolute atomic E-state index is 0. The van der Waals surface area contributed by atoms with Gasteiger partial charge in [-0.05, 0) is 26.1 Å². The highest BCUT2D eigenvalue weighted by molar-refractivity contribution is 5.94. The van der Waals surface area contributed by atoms with Gasteiger partial charge in [0.25, 0.3) is 5.91 Å². The van der Waals surface area contributed by atoms with Crippen molar-refractivity contribution in [1.29, 1.82) is 0 Å². The highest BCUT2D eigenvalue weighted by Crippen LogP contribution is 2.03. The van der Waals surface area contributed by atoms with Crippen molar-refractivity contribution < 1.29 is 9.59 Å². The molecule has 0 radical (unpaired) electrons. The van der Waals surface area contributed by atoms with E-state index in [9.17, 15) is 9.59 Å². The van der Waals surface area contributed by atoms with Gasteiger partial charge in [-0.2, -0.15) is 0 Å². The largest absolute Gasteiger partial charge is 0.354 e. The molecular formula is C14H22ClN3O2. The Balaban J connectivity index is 0.00000361. The first-order valence-electron chi connectivity index (χ1n) is 6.39. The third kappa shape index (κ3) is 7.11. The minimum atomic E-state index is -0.117. The molecule has 0 aliphatic rings. The van der Waals surface area contributed by atoms with Crippen LogP contribution in [0.15, 0.2) is 24.3 Å². The van der Waals surface area contributed by atoms with Gasteiger partial charge in [0.2, 0.25) is 5.91 Å². The van der Waals surface area contributed by atoms with E-state index in [0.717, 1.165) is 5.56 Å². The first-order chi connectivity index (χ1) is 9.13. The molecule has 0 atom stereocenters. The molecule has 5 nitrogen and oxygen atoms in total. The summed E-state index contributed by atoms with van der Waals surface area (Å²) in [6.07, 6.45) is 0.447. The molecular weight excluding hydrogens is 278 g/mol. The number of nitrogens with one attached hydrogen (secondary N) is 3. The lowest BCUT2D eigenvalue weighted by molar-refractivity contribution is -0.120. The number of aryl methyl sites for hydroxylation is 1. The lowest BCUT2D eigenvalue weighted by atomic mass is 10.1. The molecule has 6 heteroatoms. The zero-order valence-corrected chi connectivity index (χ0v) is 12.7. The van der Waals surface area contributed by atoms with Crippen molar-refractivity contribution in [3.05, 3.63) is 35.4 Å². The average molecular weight is 300 g/mol. The molecule has 0 aliphatic heterocycles. The summed E-state index contributed by atoms with van der Waals surface area (Å²) in [5, 5.41) is 8.41. The molecule has 0 aromatic heterocycles. The van der Waals surface area contributed by atoms with E-state index in [1.54, 1.807) is 13.1 Å². The second kappa shape index (κ2) is 10.2. The van der Waals surface area contributed by atoms with Crippen LogP contribution in [0.1, 0.15) is 22.3 Å². The molecule has 0 bridgehead atoms. The zero-order valence-electron chi connectivity index (χ0n) is 11.9. The van der Waals surface area contributed by atoms with Crippen molar-refractivity contribution in [2.45, 2.75) is 13.3 Å². The van der Waals surface area contributed by atoms with E-state index in [-0.39, 0.29) is 24.2 Å². The fraction of sp³-hybridized carbons (Fsp3) is 0.429. The smallest absolute Gasteiger partial charge is 0.251 e. The number of amides is 2. The van der Waals surface area contributed by atoms with Crippen molar-refractivity contribution in [2.75, 3.05) is 26.7 Å². The molecule has 0 unspecified atom stereocenters. The van der Waals surface area contributed by atoms with E-state index < -0.39 is 0 Å². The number of benzene rings is 1. The number of hydrogen-bond donors (Lipinski definition) is 3. The van der Waals surface area contributed by atoms with Crippen LogP contribution in [0.4, 0.5) is 0 Å². The van der Waals surface area contributed by atoms with Crippen LogP contribution < -0.4 is 16.0 Å². The van der Waals surface area contributed by atoms with Gasteiger partial charge in [-0.15, -0.1) is 12.4 Å². The number of rotatable bonds is 7. The molecule has 0 fully saturated rings. The molecule has 0 heterocycles. The Morgan fingerprint density at radius 2 is 1.80 bits per heavy atom. The Morgan fingerprint density at radius 3 is 2.45 bits per heavy atom. The minimum Gasteiger partial charge on any atom is -0.354 e. The Hall–Kier alpha value is -1.59. The van der Waals surface area contributed by atoms with Gasteiger partial charge in [0, 0.05) is 31.6 Å². The van der Waals surface area contributed by atoms with E-state index in [1.807, 2.05) is 25.1 Å². The van der Waals surface area contributed by atoms with Crippen LogP contribution in [0.5, 0.6) is 0 Å². The standard InChI is InChI=1S/C14H21N3O2.ClH/c1-11-4-3-5-12(10-11)14(19)17-9-8-16-13(18)6-7-15-2;/h3-5,10,15H,6-9H2,1-2H3,(H,16,18)(H,17,19);1H. The first-order valence-corrected chi connectivity index (χ1v) is 6.39. The summed E-state index contributed by atoms with van der Waals surface area (Å²) in [4.78, 5) is 23.1. The fourth-order valence-electron chi connectivity index (χ4n) is 1.59. The third-order valence-corrected chi connectivity index (χ3v) is 2.62. The summed E-state index contributed by atoms with van der Waals surface area (Å²) in [5.41, 5.74) is 1.69. The van der Waals surface area contributed by atoms with E-state index >= 15 is 0 Å². The SMILES string of the molecule is CNCCC(=O)NCCNC(=O)c1cccc(C)c1.Cl. The number of hydrogen-bond acceptors (Lipinski definition) is 3. The second-order valence-corrected chi connectivity index (χ2v) is 4.33. The van der Waals surface area contributed by atoms with E-state index in [1.165, 1.54) is 0 Å². The summed E-state index contributed by atoms with van der Waals surface area (Å²) < 4.78 is 0. The molecule has 0 aliphatic carbocycles. The van der Waals surface area contributed by atoms with Crippen LogP contribution in [0, 0.1) is 6.92 Å². The van der Waals surface area contributed by atoms with Crippen LogP contribution >= 0.6 is 12.4 Å². The van der Waals surface area contributed by atoms with Gasteiger partial charge in [-0.25, -0.2) is 0 Å². The fourth-order valence-corrected chi connectivity index (χ4v) is 1.59. The number of carbonyl (C=O) groups excluding carboxylic acids is 2. The molecule has 2 amide bonds. The van der Waals surface area contributed by atoms with Crippen LogP contribution in [0.3, 0.4) is 0 Å². The maximum atomic E-state index is 11.8. The summed E-state index contributed by atoms with van der Waals surface area (Å²) in [6, 6.07) is 7.40. The number of halogens is 1. The molecule has 20 heavy (non-hydrogen) atoms. The molecule has 1 rings (SSSR count). The average Bonchev–Trinajstić information content (AvgIpc) is 2.41. The Morgan fingerprint density at radius 1 is 1.10 bits per heavy atom. The normalized spacial score (nSPS) is 9.50. The summed E-state index contributed by atoms with van der Waals surface area (Å²) in [6.45, 7) is 3.47. The van der Waals surface area contributed by atoms with E-state index in [0.29, 0.717) is 31.6 Å². The van der Waals surface area contributed by atoms with Gasteiger partial charge >= 0.3 is 0 Å². The second-order valence-electron chi connectivity index (χ2n) is 4.33. The van der Waals surface area contributed by atoms with Crippen molar-refractivity contribution in [3.8, 4) is 0 Å². The van der Waals surface area contributed by atoms with Gasteiger partial charge in [0.1, 0.15) is 0 Å². The van der Waals surface area contributed by atoms with Crippen molar-refractivity contribution in [3.63, 3.8) is 0 Å². The predicted molar refractivity (Wildman–Crippen MR) is 82.3 cm³/mol. The maximum Gasteiger partial charge on any atom is 0.251 e. The monoisotopic (exact) mass is 299 g/mol. The molecule has 0 spiro atoms. The van der Waals surface area contributed by atoms with Gasteiger partial charge in [0.15, 0.2) is 0 Å². The number of carbonyl (C=O) groups is 2. The van der Waals surface area contributed by atoms with Crippen molar-refractivity contribution in [2.24, 2.45) is 0 Å². The molecule has 0 saturated heterocycles. The third-order valence-electron chi connectivity index (χ3n) is 2.62. The highest BCUT2D eigenvalue weighted by atomic mass is 35.5. The Kier molecular flexibility index (Phi) is 9.41. The summed E-state index contributed by atoms with van der Waals surface area (Å²) in [7, 11) is 1.80. The van der Waals surface area contributed by atoms with Gasteiger partial charge in [0.05, 0.1) is 0 Å². The van der Waals surface area contributed by atoms with Crippen LogP contribution in [0.25, 0.3) is 0 Å². The topological polar surface area (TPSA) is 70.2 Å². The van der Waals surface area contributed by atoms with Crippen LogP contribution in [0.2, 0.25) is 0 Å². The molecule has 0 saturated carbocycles. The molecule has 1 aromatic carbocycles. The molecule has 3 N–H and O–H groups in total. The van der Waals surface area contributed by atoms with Crippen LogP contribution in [-0.4, -0.2) is 38.5 Å². The van der Waals surface area contributed by atoms with Gasteiger partial charge in [-0.1, -0.05) is 17.7 Å². The summed E-state index contributed by atoms with van der Waals surface area (Å²) >= 11 is 0. The maximum absolute atomic E-state index is 11.8. The Labute approximate surface area is 125 Å². The van der Waals surface area contributed by atoms with Crippen molar-refractivity contribution in [1.82, 2.24) is 16.0 Å². The predicted octanol–water partition coefficient (Wildman–Crippen LogP) is 0.872.